The summed E-state index contributed by atoms with van der Waals surface area (Å²) in [5.74, 6) is 0.0634. The molecule has 0 N–H and O–H groups in total. The van der Waals surface area contributed by atoms with E-state index in [9.17, 15) is 9.59 Å². The molecule has 0 aliphatic carbocycles. The van der Waals surface area contributed by atoms with Gasteiger partial charge >= 0.3 is 0 Å². The summed E-state index contributed by atoms with van der Waals surface area (Å²) in [7, 11) is 0. The Morgan fingerprint density at radius 3 is 2.62 bits per heavy atom. The largest absolute Gasteiger partial charge is 0.450 e. The minimum absolute atomic E-state index is 0.0231. The van der Waals surface area contributed by atoms with E-state index in [-0.39, 0.29) is 16.8 Å². The molecule has 1 aromatic carbocycles. The van der Waals surface area contributed by atoms with Crippen molar-refractivity contribution in [2.45, 2.75) is 13.0 Å². The molecule has 3 aromatic heterocycles. The first-order chi connectivity index (χ1) is 14.0. The first kappa shape index (κ1) is 17.6. The summed E-state index contributed by atoms with van der Waals surface area (Å²) in [6, 6.07) is 13.1. The number of rotatable bonds is 2. The highest BCUT2D eigenvalue weighted by molar-refractivity contribution is 6.31. The SMILES string of the molecule is Cc1cccc(N2C(=O)c3oc4ccc(Cl)cc4c(=O)c3[C@@H]2c2ccncc2)n1. The number of aromatic nitrogens is 2. The molecular weight excluding hydrogens is 390 g/mol. The van der Waals surface area contributed by atoms with E-state index in [1.165, 1.54) is 4.90 Å². The highest BCUT2D eigenvalue weighted by Gasteiger charge is 2.44. The van der Waals surface area contributed by atoms with E-state index in [1.807, 2.05) is 19.1 Å². The maximum absolute atomic E-state index is 13.4. The van der Waals surface area contributed by atoms with Crippen molar-refractivity contribution in [3.05, 3.63) is 98.8 Å². The number of hydrogen-bond donors (Lipinski definition) is 0. The summed E-state index contributed by atoms with van der Waals surface area (Å²) in [6.45, 7) is 1.85. The van der Waals surface area contributed by atoms with Crippen LogP contribution in [0.3, 0.4) is 0 Å². The van der Waals surface area contributed by atoms with E-state index in [0.717, 1.165) is 11.3 Å². The highest BCUT2D eigenvalue weighted by atomic mass is 35.5. The van der Waals surface area contributed by atoms with Gasteiger partial charge < -0.3 is 4.42 Å². The number of carbonyl (C=O) groups excluding carboxylic acids is 1. The second-order valence-corrected chi connectivity index (χ2v) is 7.25. The molecule has 5 rings (SSSR count). The zero-order chi connectivity index (χ0) is 20.1. The van der Waals surface area contributed by atoms with Gasteiger partial charge in [0.15, 0.2) is 5.43 Å². The van der Waals surface area contributed by atoms with Gasteiger partial charge in [0, 0.05) is 23.1 Å². The molecule has 4 heterocycles. The standard InChI is InChI=1S/C22H14ClN3O3/c1-12-3-2-4-17(25-12)26-19(13-7-9-24-10-8-13)18-20(27)15-11-14(23)5-6-16(15)29-21(18)22(26)28/h2-11,19H,1H3/t19-/m0/s1. The number of carbonyl (C=O) groups is 1. The van der Waals surface area contributed by atoms with E-state index < -0.39 is 11.9 Å². The molecule has 0 bridgehead atoms. The molecule has 0 unspecified atom stereocenters. The molecule has 1 atom stereocenters. The van der Waals surface area contributed by atoms with Crippen LogP contribution in [0.5, 0.6) is 0 Å². The van der Waals surface area contributed by atoms with Crippen LogP contribution in [0.4, 0.5) is 5.82 Å². The smallest absolute Gasteiger partial charge is 0.296 e. The van der Waals surface area contributed by atoms with Crippen molar-refractivity contribution in [1.82, 2.24) is 9.97 Å². The molecule has 7 heteroatoms. The normalized spacial score (nSPS) is 15.7. The fourth-order valence-electron chi connectivity index (χ4n) is 3.71. The number of fused-ring (bicyclic) bond motifs is 2. The number of amides is 1. The van der Waals surface area contributed by atoms with Crippen LogP contribution in [0.1, 0.15) is 33.4 Å². The predicted molar refractivity (Wildman–Crippen MR) is 109 cm³/mol. The molecule has 0 saturated carbocycles. The van der Waals surface area contributed by atoms with E-state index in [4.69, 9.17) is 16.0 Å². The fraction of sp³-hybridized carbons (Fsp3) is 0.0909. The Morgan fingerprint density at radius 1 is 1.07 bits per heavy atom. The van der Waals surface area contributed by atoms with Gasteiger partial charge in [0.25, 0.3) is 5.91 Å². The first-order valence-corrected chi connectivity index (χ1v) is 9.36. The van der Waals surface area contributed by atoms with Crippen LogP contribution in [-0.4, -0.2) is 15.9 Å². The molecule has 142 valence electrons. The minimum atomic E-state index is -0.672. The maximum Gasteiger partial charge on any atom is 0.296 e. The van der Waals surface area contributed by atoms with Crippen LogP contribution in [-0.2, 0) is 0 Å². The highest BCUT2D eigenvalue weighted by Crippen LogP contribution is 2.40. The summed E-state index contributed by atoms with van der Waals surface area (Å²) in [6.07, 6.45) is 3.25. The van der Waals surface area contributed by atoms with Crippen LogP contribution < -0.4 is 10.3 Å². The van der Waals surface area contributed by atoms with E-state index >= 15 is 0 Å². The van der Waals surface area contributed by atoms with Crippen LogP contribution >= 0.6 is 11.6 Å². The Hall–Kier alpha value is -3.51. The molecular formula is C22H14ClN3O3. The van der Waals surface area contributed by atoms with Gasteiger partial charge in [0.2, 0.25) is 5.76 Å². The molecule has 29 heavy (non-hydrogen) atoms. The summed E-state index contributed by atoms with van der Waals surface area (Å²) < 4.78 is 5.89. The number of hydrogen-bond acceptors (Lipinski definition) is 5. The van der Waals surface area contributed by atoms with Crippen molar-refractivity contribution < 1.29 is 9.21 Å². The van der Waals surface area contributed by atoms with Gasteiger partial charge in [0.1, 0.15) is 11.4 Å². The maximum atomic E-state index is 13.4. The van der Waals surface area contributed by atoms with E-state index in [2.05, 4.69) is 9.97 Å². The van der Waals surface area contributed by atoms with Crippen LogP contribution in [0.15, 0.2) is 70.1 Å². The van der Waals surface area contributed by atoms with Gasteiger partial charge in [-0.2, -0.15) is 0 Å². The van der Waals surface area contributed by atoms with E-state index in [0.29, 0.717) is 21.8 Å². The second-order valence-electron chi connectivity index (χ2n) is 6.81. The number of aryl methyl sites for hydroxylation is 1. The monoisotopic (exact) mass is 403 g/mol. The Labute approximate surface area is 170 Å². The second kappa shape index (κ2) is 6.53. The Kier molecular flexibility index (Phi) is 3.96. The molecule has 0 radical (unpaired) electrons. The third-order valence-electron chi connectivity index (χ3n) is 4.97. The molecule has 4 aromatic rings. The zero-order valence-corrected chi connectivity index (χ0v) is 16.1. The third kappa shape index (κ3) is 2.72. The van der Waals surface area contributed by atoms with Crippen molar-refractivity contribution >= 4 is 34.3 Å². The number of pyridine rings is 2. The summed E-state index contributed by atoms with van der Waals surface area (Å²) in [5, 5.41) is 0.758. The average molecular weight is 404 g/mol. The van der Waals surface area contributed by atoms with Crippen molar-refractivity contribution in [1.29, 1.82) is 0 Å². The molecule has 0 saturated heterocycles. The van der Waals surface area contributed by atoms with Gasteiger partial charge in [-0.3, -0.25) is 19.5 Å². The molecule has 1 amide bonds. The third-order valence-corrected chi connectivity index (χ3v) is 5.21. The molecule has 0 spiro atoms. The van der Waals surface area contributed by atoms with Gasteiger partial charge in [-0.05, 0) is 55.0 Å². The van der Waals surface area contributed by atoms with Crippen LogP contribution in [0.25, 0.3) is 11.0 Å². The van der Waals surface area contributed by atoms with Gasteiger partial charge in [0.05, 0.1) is 17.0 Å². The molecule has 0 fully saturated rings. The predicted octanol–water partition coefficient (Wildman–Crippen LogP) is 4.29. The first-order valence-electron chi connectivity index (χ1n) is 8.98. The Balaban J connectivity index is 1.84. The topological polar surface area (TPSA) is 76.3 Å². The summed E-state index contributed by atoms with van der Waals surface area (Å²) in [5.41, 5.74) is 1.81. The van der Waals surface area contributed by atoms with Crippen LogP contribution in [0.2, 0.25) is 5.02 Å². The summed E-state index contributed by atoms with van der Waals surface area (Å²) >= 11 is 6.09. The number of nitrogens with zero attached hydrogens (tertiary/aromatic N) is 3. The quantitative estimate of drug-likeness (QED) is 0.499. The number of benzene rings is 1. The lowest BCUT2D eigenvalue weighted by Crippen LogP contribution is -2.30. The average Bonchev–Trinajstić information content (AvgIpc) is 3.02. The fourth-order valence-corrected chi connectivity index (χ4v) is 3.88. The van der Waals surface area contributed by atoms with Crippen molar-refractivity contribution in [3.63, 3.8) is 0 Å². The zero-order valence-electron chi connectivity index (χ0n) is 15.3. The lowest BCUT2D eigenvalue weighted by atomic mass is 9.99. The van der Waals surface area contributed by atoms with Crippen molar-refractivity contribution in [2.24, 2.45) is 0 Å². The van der Waals surface area contributed by atoms with E-state index in [1.54, 1.807) is 48.8 Å². The summed E-state index contributed by atoms with van der Waals surface area (Å²) in [4.78, 5) is 36.8. The lowest BCUT2D eigenvalue weighted by molar-refractivity contribution is 0.0970. The lowest BCUT2D eigenvalue weighted by Gasteiger charge is -2.24. The molecule has 1 aliphatic heterocycles. The van der Waals surface area contributed by atoms with Crippen molar-refractivity contribution in [2.75, 3.05) is 4.90 Å². The number of halogens is 1. The van der Waals surface area contributed by atoms with Gasteiger partial charge in [-0.15, -0.1) is 0 Å². The Morgan fingerprint density at radius 2 is 1.86 bits per heavy atom. The Bertz CT molecular complexity index is 1330. The van der Waals surface area contributed by atoms with Gasteiger partial charge in [-0.1, -0.05) is 17.7 Å². The number of anilines is 1. The van der Waals surface area contributed by atoms with Crippen molar-refractivity contribution in [3.8, 4) is 0 Å². The molecule has 1 aliphatic rings. The van der Waals surface area contributed by atoms with Gasteiger partial charge in [-0.25, -0.2) is 4.98 Å². The molecule has 6 nitrogen and oxygen atoms in total. The van der Waals surface area contributed by atoms with Crippen LogP contribution in [0, 0.1) is 6.92 Å². The minimum Gasteiger partial charge on any atom is -0.450 e.